The number of esters is 1. The molecule has 16 heteroatoms. The molecule has 13 nitrogen and oxygen atoms in total. The van der Waals surface area contributed by atoms with E-state index in [0.717, 1.165) is 38.2 Å². The van der Waals surface area contributed by atoms with Gasteiger partial charge in [0, 0.05) is 44.8 Å². The van der Waals surface area contributed by atoms with E-state index in [9.17, 15) is 22.8 Å². The maximum absolute atomic E-state index is 13.9. The van der Waals surface area contributed by atoms with Crippen LogP contribution in [-0.4, -0.2) is 90.9 Å². The number of H-pyrrole nitrogens is 1. The van der Waals surface area contributed by atoms with Crippen molar-refractivity contribution < 1.29 is 37.0 Å². The normalized spacial score (nSPS) is 14.3. The summed E-state index contributed by atoms with van der Waals surface area (Å²) in [6.45, 7) is 4.97. The number of aromatic amines is 1. The van der Waals surface area contributed by atoms with Gasteiger partial charge in [0.25, 0.3) is 5.91 Å². The highest BCUT2D eigenvalue weighted by Gasteiger charge is 2.35. The van der Waals surface area contributed by atoms with Crippen molar-refractivity contribution in [1.29, 1.82) is 0 Å². The predicted octanol–water partition coefficient (Wildman–Crippen LogP) is 6.12. The monoisotopic (exact) mass is 712 g/mol. The first-order valence-corrected chi connectivity index (χ1v) is 16.8. The fourth-order valence-corrected chi connectivity index (χ4v) is 6.45. The average Bonchev–Trinajstić information content (AvgIpc) is 3.50. The molecule has 2 N–H and O–H groups in total. The molecule has 1 aliphatic rings. The Kier molecular flexibility index (Phi) is 11.6. The number of imidazole rings is 1. The van der Waals surface area contributed by atoms with E-state index >= 15 is 0 Å². The Morgan fingerprint density at radius 2 is 1.76 bits per heavy atom. The Balaban J connectivity index is 1.50. The van der Waals surface area contributed by atoms with E-state index in [2.05, 4.69) is 30.2 Å². The molecule has 1 aliphatic carbocycles. The number of rotatable bonds is 14. The zero-order chi connectivity index (χ0) is 36.8. The van der Waals surface area contributed by atoms with Gasteiger partial charge in [-0.2, -0.15) is 18.2 Å². The van der Waals surface area contributed by atoms with E-state index in [1.54, 1.807) is 45.0 Å². The molecule has 1 saturated carbocycles. The fraction of sp³-hybridized carbons (Fsp3) is 0.486. The van der Waals surface area contributed by atoms with Gasteiger partial charge >= 0.3 is 12.1 Å². The first kappa shape index (κ1) is 37.3. The minimum Gasteiger partial charge on any atom is -0.478 e. The van der Waals surface area contributed by atoms with Crippen LogP contribution in [0.2, 0.25) is 0 Å². The van der Waals surface area contributed by atoms with Crippen LogP contribution in [0.1, 0.15) is 62.1 Å². The molecule has 274 valence electrons. The molecule has 4 aromatic rings. The summed E-state index contributed by atoms with van der Waals surface area (Å²) in [5, 5.41) is 2.72. The fourth-order valence-electron chi connectivity index (χ4n) is 6.45. The number of amides is 1. The van der Waals surface area contributed by atoms with Crippen LogP contribution >= 0.6 is 0 Å². The minimum atomic E-state index is -4.72. The molecule has 1 fully saturated rings. The van der Waals surface area contributed by atoms with Gasteiger partial charge in [-0.15, -0.1) is 0 Å². The van der Waals surface area contributed by atoms with E-state index in [0.29, 0.717) is 30.0 Å². The molecule has 0 atom stereocenters. The molecule has 0 aromatic carbocycles. The van der Waals surface area contributed by atoms with E-state index in [1.165, 1.54) is 18.3 Å². The van der Waals surface area contributed by atoms with Crippen molar-refractivity contribution in [2.45, 2.75) is 52.1 Å². The third-order valence-electron chi connectivity index (χ3n) is 8.79. The number of nitrogens with one attached hydrogen (secondary N) is 2. The number of likely N-dealkylation sites (N-methyl/N-ethyl adjacent to an activating group) is 1. The number of carbonyl (C=O) groups excluding carboxylic acids is 2. The number of fused-ring (bicyclic) bond motifs is 1. The zero-order valence-corrected chi connectivity index (χ0v) is 29.4. The van der Waals surface area contributed by atoms with Gasteiger partial charge in [-0.05, 0) is 51.0 Å². The maximum atomic E-state index is 13.9. The van der Waals surface area contributed by atoms with Gasteiger partial charge in [0.2, 0.25) is 11.8 Å². The Bertz CT molecular complexity index is 1820. The van der Waals surface area contributed by atoms with Gasteiger partial charge in [0.05, 0.1) is 43.1 Å². The number of methoxy groups -OCH3 is 1. The highest BCUT2D eigenvalue weighted by molar-refractivity contribution is 6.03. The summed E-state index contributed by atoms with van der Waals surface area (Å²) >= 11 is 0. The minimum absolute atomic E-state index is 0.0162. The topological polar surface area (TPSA) is 148 Å². The lowest BCUT2D eigenvalue weighted by Gasteiger charge is -2.40. The van der Waals surface area contributed by atoms with Crippen LogP contribution in [0.5, 0.6) is 5.88 Å². The van der Waals surface area contributed by atoms with Crippen molar-refractivity contribution in [2.75, 3.05) is 69.2 Å². The Labute approximate surface area is 293 Å². The zero-order valence-electron chi connectivity index (χ0n) is 29.4. The summed E-state index contributed by atoms with van der Waals surface area (Å²) in [6, 6.07) is 7.22. The van der Waals surface area contributed by atoms with Gasteiger partial charge in [-0.25, -0.2) is 15.0 Å². The first-order valence-electron chi connectivity index (χ1n) is 16.8. The van der Waals surface area contributed by atoms with Gasteiger partial charge in [0.15, 0.2) is 5.65 Å². The number of pyridine rings is 3. The van der Waals surface area contributed by atoms with Crippen molar-refractivity contribution >= 4 is 40.4 Å². The quantitative estimate of drug-likeness (QED) is 0.146. The SMILES string of the molecule is CCOC(=O)CN(C)c1ccc(C(=O)Nc2nc3nc(-c4cc(OCC)nc(C(F)(F)F)c4)cc(N(C)CC4(COC)CCCCC4)c3[nH]2)nc1. The molecule has 51 heavy (non-hydrogen) atoms. The molecule has 5 rings (SSSR count). The molecule has 1 amide bonds. The highest BCUT2D eigenvalue weighted by atomic mass is 19.4. The predicted molar refractivity (Wildman–Crippen MR) is 186 cm³/mol. The third-order valence-corrected chi connectivity index (χ3v) is 8.79. The first-order chi connectivity index (χ1) is 24.3. The van der Waals surface area contributed by atoms with Crippen LogP contribution in [0.25, 0.3) is 22.4 Å². The van der Waals surface area contributed by atoms with Gasteiger partial charge in [-0.1, -0.05) is 19.3 Å². The molecule has 0 saturated heterocycles. The van der Waals surface area contributed by atoms with E-state index in [1.807, 2.05) is 11.9 Å². The van der Waals surface area contributed by atoms with Gasteiger partial charge in [0.1, 0.15) is 23.4 Å². The van der Waals surface area contributed by atoms with Crippen LogP contribution in [-0.2, 0) is 20.4 Å². The lowest BCUT2D eigenvalue weighted by molar-refractivity contribution is -0.142. The van der Waals surface area contributed by atoms with Crippen molar-refractivity contribution in [3.63, 3.8) is 0 Å². The second kappa shape index (κ2) is 15.9. The molecule has 0 aliphatic heterocycles. The van der Waals surface area contributed by atoms with Crippen LogP contribution in [0.3, 0.4) is 0 Å². The molecule has 4 aromatic heterocycles. The molecule has 0 radical (unpaired) electrons. The summed E-state index contributed by atoms with van der Waals surface area (Å²) in [6.07, 6.45) is 1.98. The Hall–Kier alpha value is -4.99. The highest BCUT2D eigenvalue weighted by Crippen LogP contribution is 2.40. The summed E-state index contributed by atoms with van der Waals surface area (Å²) in [5.41, 5.74) is 1.12. The van der Waals surface area contributed by atoms with Crippen molar-refractivity contribution in [3.8, 4) is 17.1 Å². The molecule has 0 unspecified atom stereocenters. The number of halogens is 3. The second-order valence-corrected chi connectivity index (χ2v) is 12.7. The smallest absolute Gasteiger partial charge is 0.433 e. The Morgan fingerprint density at radius 3 is 2.41 bits per heavy atom. The Morgan fingerprint density at radius 1 is 1.00 bits per heavy atom. The maximum Gasteiger partial charge on any atom is 0.433 e. The standard InChI is InChI=1S/C35H43F3N8O5/c1-6-50-28-16-22(15-27(41-28)35(36,37)38)25-17-26(46(4)20-34(21-49-5)13-9-8-10-14-34)30-31(40-25)43-33(42-30)44-32(48)24-12-11-23(18-39-24)45(3)19-29(47)51-7-2/h11-12,15-18H,6-10,13-14,19-21H2,1-5H3,(H2,40,42,43,44,48). The van der Waals surface area contributed by atoms with Crippen LogP contribution in [0.15, 0.2) is 36.5 Å². The van der Waals surface area contributed by atoms with Crippen LogP contribution in [0.4, 0.5) is 30.5 Å². The van der Waals surface area contributed by atoms with E-state index < -0.39 is 17.8 Å². The van der Waals surface area contributed by atoms with Crippen molar-refractivity contribution in [3.05, 3.63) is 47.9 Å². The number of aromatic nitrogens is 5. The van der Waals surface area contributed by atoms with E-state index in [-0.39, 0.29) is 65.6 Å². The van der Waals surface area contributed by atoms with Crippen LogP contribution < -0.4 is 19.9 Å². The molecule has 0 bridgehead atoms. The molecular weight excluding hydrogens is 669 g/mol. The van der Waals surface area contributed by atoms with Crippen molar-refractivity contribution in [1.82, 2.24) is 24.9 Å². The van der Waals surface area contributed by atoms with E-state index in [4.69, 9.17) is 14.2 Å². The summed E-state index contributed by atoms with van der Waals surface area (Å²) in [5.74, 6) is -1.05. The van der Waals surface area contributed by atoms with Crippen LogP contribution in [0, 0.1) is 5.41 Å². The number of hydrogen-bond acceptors (Lipinski definition) is 11. The number of ether oxygens (including phenoxy) is 3. The molecule has 0 spiro atoms. The number of carbonyl (C=O) groups is 2. The lowest BCUT2D eigenvalue weighted by atomic mass is 9.74. The molecule has 4 heterocycles. The summed E-state index contributed by atoms with van der Waals surface area (Å²) in [7, 11) is 5.30. The number of alkyl halides is 3. The molecular formula is C35H43F3N8O5. The number of nitrogens with zero attached hydrogens (tertiary/aromatic N) is 6. The second-order valence-electron chi connectivity index (χ2n) is 12.7. The van der Waals surface area contributed by atoms with Gasteiger partial charge < -0.3 is 29.0 Å². The third kappa shape index (κ3) is 9.03. The number of anilines is 3. The summed E-state index contributed by atoms with van der Waals surface area (Å²) in [4.78, 5) is 49.0. The van der Waals surface area contributed by atoms with Gasteiger partial charge in [-0.3, -0.25) is 14.9 Å². The average molecular weight is 713 g/mol. The lowest BCUT2D eigenvalue weighted by Crippen LogP contribution is -2.40. The summed E-state index contributed by atoms with van der Waals surface area (Å²) < 4.78 is 57.7. The largest absolute Gasteiger partial charge is 0.478 e. The number of hydrogen-bond donors (Lipinski definition) is 2. The van der Waals surface area contributed by atoms with Crippen molar-refractivity contribution in [2.24, 2.45) is 5.41 Å².